The third kappa shape index (κ3) is 12.7. The molecule has 0 aliphatic carbocycles. The monoisotopic (exact) mass is 772 g/mol. The van der Waals surface area contributed by atoms with E-state index in [0.29, 0.717) is 13.0 Å². The largest absolute Gasteiger partial charge is 0.396 e. The summed E-state index contributed by atoms with van der Waals surface area (Å²) in [6, 6.07) is 8.23. The highest BCUT2D eigenvalue weighted by atomic mass is 16.5. The predicted molar refractivity (Wildman–Crippen MR) is 220 cm³/mol. The number of benzene rings is 1. The lowest BCUT2D eigenvalue weighted by atomic mass is 9.80. The average Bonchev–Trinajstić information content (AvgIpc) is 3.62. The van der Waals surface area contributed by atoms with Crippen molar-refractivity contribution < 1.29 is 34.1 Å². The molecule has 1 aromatic carbocycles. The van der Waals surface area contributed by atoms with Crippen molar-refractivity contribution in [2.24, 2.45) is 41.4 Å². The minimum absolute atomic E-state index is 0.00362. The van der Waals surface area contributed by atoms with Gasteiger partial charge in [-0.25, -0.2) is 0 Å². The minimum atomic E-state index is -0.785. The molecule has 10 atom stereocenters. The van der Waals surface area contributed by atoms with Crippen LogP contribution in [0.4, 0.5) is 0 Å². The number of likely N-dealkylation sites (tertiary alicyclic amines) is 1. The van der Waals surface area contributed by atoms with E-state index in [-0.39, 0.29) is 90.5 Å². The van der Waals surface area contributed by atoms with Crippen molar-refractivity contribution in [2.75, 3.05) is 34.4 Å². The maximum absolute atomic E-state index is 14.5. The van der Waals surface area contributed by atoms with E-state index in [2.05, 4.69) is 39.5 Å². The van der Waals surface area contributed by atoms with Gasteiger partial charge in [-0.2, -0.15) is 0 Å². The summed E-state index contributed by atoms with van der Waals surface area (Å²) in [5.41, 5.74) is 0.539. The summed E-state index contributed by atoms with van der Waals surface area (Å²) in [5, 5.41) is 21.5. The van der Waals surface area contributed by atoms with Crippen molar-refractivity contribution in [1.29, 1.82) is 0 Å². The van der Waals surface area contributed by atoms with Crippen LogP contribution in [-0.4, -0.2) is 112 Å². The lowest BCUT2D eigenvalue weighted by molar-refractivity contribution is -0.148. The Hall–Kier alpha value is -2.66. The van der Waals surface area contributed by atoms with Crippen molar-refractivity contribution >= 4 is 23.4 Å². The molecule has 1 saturated heterocycles. The fraction of sp³-hybridized carbons (Fsp3) is 0.778. The van der Waals surface area contributed by atoms with Crippen LogP contribution in [0, 0.1) is 41.4 Å². The quantitative estimate of drug-likeness (QED) is 0.132. The molecule has 1 aromatic rings. The van der Waals surface area contributed by atoms with Crippen LogP contribution in [0.2, 0.25) is 0 Å². The summed E-state index contributed by atoms with van der Waals surface area (Å²) >= 11 is 0. The fourth-order valence-electron chi connectivity index (χ4n) is 8.67. The summed E-state index contributed by atoms with van der Waals surface area (Å²) in [5.74, 6) is -2.07. The number of aliphatic hydroxyl groups is 2. The Morgan fingerprint density at radius 2 is 1.49 bits per heavy atom. The minimum Gasteiger partial charge on any atom is -0.396 e. The standard InChI is InChI=1S/C45H77N3O7/c1-15-30(6)42(46(12)44(54)34(28(2)3)25-38(51)41(29(4)5)47(13)45(9,10)11)39(55-14)26-40(52)48-23-19-22-36(48)35(27-49)32(8)37(50)24-31(7)43(53)33-20-17-16-18-21-33/h16-18,20-21,28-32,34-36,39,41-43,49,53H,15,19,22-27H2,1-14H3/t30-,31-,32+,34-,35+,36-,39+,41-,42-,43+/m0/s1. The number of hydrogen-bond acceptors (Lipinski definition) is 8. The summed E-state index contributed by atoms with van der Waals surface area (Å²) in [6.07, 6.45) is 1.12. The summed E-state index contributed by atoms with van der Waals surface area (Å²) in [7, 11) is 5.33. The number of nitrogens with zero attached hydrogens (tertiary/aromatic N) is 3. The Labute approximate surface area is 333 Å². The number of carbonyl (C=O) groups is 4. The zero-order valence-electron chi connectivity index (χ0n) is 36.7. The number of ketones is 2. The Bertz CT molecular complexity index is 1360. The van der Waals surface area contributed by atoms with Gasteiger partial charge in [0.1, 0.15) is 5.78 Å². The summed E-state index contributed by atoms with van der Waals surface area (Å²) < 4.78 is 6.07. The molecule has 0 saturated carbocycles. The van der Waals surface area contributed by atoms with Gasteiger partial charge in [0.2, 0.25) is 11.8 Å². The van der Waals surface area contributed by atoms with Gasteiger partial charge in [-0.15, -0.1) is 0 Å². The zero-order chi connectivity index (χ0) is 41.9. The second kappa shape index (κ2) is 21.8. The smallest absolute Gasteiger partial charge is 0.226 e. The average molecular weight is 772 g/mol. The molecule has 1 heterocycles. The molecule has 2 N–H and O–H groups in total. The topological polar surface area (TPSA) is 128 Å². The van der Waals surface area contributed by atoms with Gasteiger partial charge in [0.15, 0.2) is 5.78 Å². The first kappa shape index (κ1) is 48.5. The van der Waals surface area contributed by atoms with Crippen LogP contribution in [0.5, 0.6) is 0 Å². The molecular weight excluding hydrogens is 695 g/mol. The molecule has 0 unspecified atom stereocenters. The third-order valence-corrected chi connectivity index (χ3v) is 12.7. The van der Waals surface area contributed by atoms with E-state index in [1.54, 1.807) is 19.1 Å². The van der Waals surface area contributed by atoms with Gasteiger partial charge in [0.05, 0.1) is 30.7 Å². The number of amides is 2. The lowest BCUT2D eigenvalue weighted by Crippen LogP contribution is -2.55. The Morgan fingerprint density at radius 1 is 0.891 bits per heavy atom. The number of Topliss-reactive ketones (excluding diaryl/α,β-unsaturated/α-hetero) is 2. The summed E-state index contributed by atoms with van der Waals surface area (Å²) in [6.45, 7) is 22.4. The number of aliphatic hydroxyl groups excluding tert-OH is 2. The Balaban J connectivity index is 2.28. The molecule has 0 aromatic heterocycles. The van der Waals surface area contributed by atoms with Crippen LogP contribution in [0.15, 0.2) is 30.3 Å². The SMILES string of the molecule is CC[C@H](C)[C@@H]([C@@H](CC(=O)N1CCC[C@H]1[C@H](CO)[C@@H](C)C(=O)C[C@H](C)[C@@H](O)c1ccccc1)OC)N(C)C(=O)[C@@H](CC(=O)[C@H](C(C)C)N(C)C(C)(C)C)C(C)C. The zero-order valence-corrected chi connectivity index (χ0v) is 36.7. The molecule has 314 valence electrons. The third-order valence-electron chi connectivity index (χ3n) is 12.7. The van der Waals surface area contributed by atoms with Gasteiger partial charge in [0, 0.05) is 69.5 Å². The normalized spacial score (nSPS) is 20.1. The van der Waals surface area contributed by atoms with Gasteiger partial charge < -0.3 is 24.7 Å². The summed E-state index contributed by atoms with van der Waals surface area (Å²) in [4.78, 5) is 61.9. The van der Waals surface area contributed by atoms with Gasteiger partial charge in [0.25, 0.3) is 0 Å². The maximum atomic E-state index is 14.5. The molecular formula is C45H77N3O7. The second-order valence-electron chi connectivity index (χ2n) is 18.2. The molecule has 10 nitrogen and oxygen atoms in total. The van der Waals surface area contributed by atoms with Gasteiger partial charge >= 0.3 is 0 Å². The maximum Gasteiger partial charge on any atom is 0.226 e. The molecule has 10 heteroatoms. The molecule has 55 heavy (non-hydrogen) atoms. The molecule has 0 radical (unpaired) electrons. The second-order valence-corrected chi connectivity index (χ2v) is 18.2. The van der Waals surface area contributed by atoms with Crippen molar-refractivity contribution in [3.8, 4) is 0 Å². The first-order valence-electron chi connectivity index (χ1n) is 20.8. The van der Waals surface area contributed by atoms with Crippen LogP contribution in [0.25, 0.3) is 0 Å². The number of carbonyl (C=O) groups excluding carboxylic acids is 4. The molecule has 2 rings (SSSR count). The molecule has 0 spiro atoms. The van der Waals surface area contributed by atoms with E-state index in [0.717, 1.165) is 18.4 Å². The van der Waals surface area contributed by atoms with Gasteiger partial charge in [-0.3, -0.25) is 24.1 Å². The van der Waals surface area contributed by atoms with Gasteiger partial charge in [-0.1, -0.05) is 92.1 Å². The number of likely N-dealkylation sites (N-methyl/N-ethyl adjacent to an activating group) is 2. The lowest BCUT2D eigenvalue weighted by Gasteiger charge is -2.42. The van der Waals surface area contributed by atoms with Crippen LogP contribution in [0.1, 0.15) is 126 Å². The Kier molecular flexibility index (Phi) is 19.2. The van der Waals surface area contributed by atoms with E-state index in [9.17, 15) is 29.4 Å². The number of methoxy groups -OCH3 is 1. The van der Waals surface area contributed by atoms with E-state index < -0.39 is 36.0 Å². The predicted octanol–water partition coefficient (Wildman–Crippen LogP) is 6.82. The van der Waals surface area contributed by atoms with Crippen molar-refractivity contribution in [2.45, 2.75) is 151 Å². The number of rotatable bonds is 22. The van der Waals surface area contributed by atoms with Crippen LogP contribution in [-0.2, 0) is 23.9 Å². The Morgan fingerprint density at radius 3 is 1.98 bits per heavy atom. The highest BCUT2D eigenvalue weighted by molar-refractivity contribution is 5.90. The van der Waals surface area contributed by atoms with Crippen molar-refractivity contribution in [3.05, 3.63) is 35.9 Å². The van der Waals surface area contributed by atoms with Crippen LogP contribution >= 0.6 is 0 Å². The van der Waals surface area contributed by atoms with E-state index >= 15 is 0 Å². The van der Waals surface area contributed by atoms with Crippen LogP contribution < -0.4 is 0 Å². The first-order chi connectivity index (χ1) is 25.6. The van der Waals surface area contributed by atoms with E-state index in [4.69, 9.17) is 4.74 Å². The first-order valence-corrected chi connectivity index (χ1v) is 20.8. The highest BCUT2D eigenvalue weighted by Crippen LogP contribution is 2.34. The molecule has 1 aliphatic heterocycles. The van der Waals surface area contributed by atoms with Crippen LogP contribution in [0.3, 0.4) is 0 Å². The number of hydrogen-bond donors (Lipinski definition) is 2. The van der Waals surface area contributed by atoms with E-state index in [1.807, 2.05) is 83.8 Å². The highest BCUT2D eigenvalue weighted by Gasteiger charge is 2.43. The molecule has 0 bridgehead atoms. The molecule has 1 aliphatic rings. The van der Waals surface area contributed by atoms with Crippen molar-refractivity contribution in [1.82, 2.24) is 14.7 Å². The van der Waals surface area contributed by atoms with E-state index in [1.165, 1.54) is 0 Å². The molecule has 2 amide bonds. The number of ether oxygens (including phenoxy) is 1. The van der Waals surface area contributed by atoms with Gasteiger partial charge in [-0.05, 0) is 69.9 Å². The molecule has 1 fully saturated rings. The fourth-order valence-corrected chi connectivity index (χ4v) is 8.67. The van der Waals surface area contributed by atoms with Crippen molar-refractivity contribution in [3.63, 3.8) is 0 Å².